The van der Waals surface area contributed by atoms with Crippen LogP contribution in [-0.2, 0) is 10.7 Å². The van der Waals surface area contributed by atoms with E-state index in [2.05, 4.69) is 82.1 Å². The molecule has 0 aliphatic carbocycles. The molecule has 0 heterocycles. The van der Waals surface area contributed by atoms with Crippen molar-refractivity contribution in [1.82, 2.24) is 0 Å². The van der Waals surface area contributed by atoms with Crippen LogP contribution in [0.4, 0.5) is 0 Å². The average Bonchev–Trinajstić information content (AvgIpc) is 2.42. The van der Waals surface area contributed by atoms with Crippen molar-refractivity contribution in [3.63, 3.8) is 0 Å². The van der Waals surface area contributed by atoms with Crippen LogP contribution < -0.4 is 0 Å². The van der Waals surface area contributed by atoms with Crippen LogP contribution in [0.15, 0.2) is 46.2 Å². The molecule has 0 saturated heterocycles. The van der Waals surface area contributed by atoms with E-state index in [1.807, 2.05) is 11.8 Å². The van der Waals surface area contributed by atoms with Crippen molar-refractivity contribution in [2.45, 2.75) is 34.3 Å². The van der Waals surface area contributed by atoms with E-state index in [4.69, 9.17) is 0 Å². The first-order chi connectivity index (χ1) is 9.13. The Kier molecular flexibility index (Phi) is 5.55. The van der Waals surface area contributed by atoms with Crippen molar-refractivity contribution >= 4 is 43.6 Å². The lowest BCUT2D eigenvalue weighted by Crippen LogP contribution is -1.89. The van der Waals surface area contributed by atoms with E-state index >= 15 is 0 Å². The van der Waals surface area contributed by atoms with Gasteiger partial charge in [0, 0.05) is 20.5 Å². The summed E-state index contributed by atoms with van der Waals surface area (Å²) in [5.41, 5.74) is 5.32. The Hall–Kier alpha value is -0.250. The Morgan fingerprint density at radius 3 is 1.58 bits per heavy atom. The molecule has 0 nitrogen and oxygen atoms in total. The highest BCUT2D eigenvalue weighted by atomic mass is 79.9. The van der Waals surface area contributed by atoms with Crippen molar-refractivity contribution in [3.8, 4) is 0 Å². The molecule has 0 saturated carbocycles. The van der Waals surface area contributed by atoms with Gasteiger partial charge in [-0.1, -0.05) is 79.0 Å². The molecule has 0 spiro atoms. The van der Waals surface area contributed by atoms with Crippen LogP contribution in [0.25, 0.3) is 0 Å². The van der Waals surface area contributed by atoms with Crippen molar-refractivity contribution in [1.29, 1.82) is 0 Å². The van der Waals surface area contributed by atoms with Crippen LogP contribution in [0.1, 0.15) is 22.3 Å². The molecular formula is C16H16Br2S. The van der Waals surface area contributed by atoms with E-state index in [0.717, 1.165) is 10.7 Å². The van der Waals surface area contributed by atoms with E-state index in [-0.39, 0.29) is 0 Å². The Morgan fingerprint density at radius 2 is 1.21 bits per heavy atom. The monoisotopic (exact) mass is 398 g/mol. The number of hydrogen-bond acceptors (Lipinski definition) is 1. The zero-order valence-corrected chi connectivity index (χ0v) is 15.0. The molecule has 100 valence electrons. The summed E-state index contributed by atoms with van der Waals surface area (Å²) in [4.78, 5) is 2.65. The second kappa shape index (κ2) is 6.96. The van der Waals surface area contributed by atoms with E-state index < -0.39 is 0 Å². The fourth-order valence-corrected chi connectivity index (χ4v) is 4.28. The Labute approximate surface area is 136 Å². The van der Waals surface area contributed by atoms with Crippen LogP contribution in [0.5, 0.6) is 0 Å². The van der Waals surface area contributed by atoms with Crippen molar-refractivity contribution in [2.24, 2.45) is 0 Å². The van der Waals surface area contributed by atoms with Crippen molar-refractivity contribution in [2.75, 3.05) is 0 Å². The molecule has 2 aromatic carbocycles. The lowest BCUT2D eigenvalue weighted by Gasteiger charge is -2.11. The maximum absolute atomic E-state index is 3.58. The zero-order chi connectivity index (χ0) is 13.8. The van der Waals surface area contributed by atoms with Gasteiger partial charge in [0.2, 0.25) is 0 Å². The van der Waals surface area contributed by atoms with Gasteiger partial charge in [-0.05, 0) is 37.1 Å². The fraction of sp³-hybridized carbons (Fsp3) is 0.250. The summed E-state index contributed by atoms with van der Waals surface area (Å²) >= 11 is 9.01. The molecule has 19 heavy (non-hydrogen) atoms. The molecule has 0 aliphatic rings. The lowest BCUT2D eigenvalue weighted by molar-refractivity contribution is 1.21. The standard InChI is InChI=1S/C16H16Br2S/c1-11-3-5-15(13(7-11)9-17)19-16-6-4-12(2)8-14(16)10-18/h3-8H,9-10H2,1-2H3. The van der Waals surface area contributed by atoms with E-state index in [1.54, 1.807) is 0 Å². The molecule has 0 atom stereocenters. The molecule has 0 aromatic heterocycles. The maximum Gasteiger partial charge on any atom is 0.0294 e. The lowest BCUT2D eigenvalue weighted by atomic mass is 10.2. The summed E-state index contributed by atoms with van der Waals surface area (Å²) in [5.74, 6) is 0. The highest BCUT2D eigenvalue weighted by Crippen LogP contribution is 2.35. The minimum atomic E-state index is 0.895. The van der Waals surface area contributed by atoms with E-state index in [0.29, 0.717) is 0 Å². The third-order valence-electron chi connectivity index (χ3n) is 2.94. The Bertz CT molecular complexity index is 527. The molecule has 0 unspecified atom stereocenters. The molecule has 0 bridgehead atoms. The predicted molar refractivity (Wildman–Crippen MR) is 91.7 cm³/mol. The third kappa shape index (κ3) is 3.87. The predicted octanol–water partition coefficient (Wildman–Crippen LogP) is 6.24. The van der Waals surface area contributed by atoms with Gasteiger partial charge in [0.25, 0.3) is 0 Å². The molecular weight excluding hydrogens is 384 g/mol. The molecule has 0 N–H and O–H groups in total. The summed E-state index contributed by atoms with van der Waals surface area (Å²) in [5, 5.41) is 1.79. The quantitative estimate of drug-likeness (QED) is 0.548. The van der Waals surface area contributed by atoms with E-state index in [9.17, 15) is 0 Å². The molecule has 0 aliphatic heterocycles. The number of rotatable bonds is 4. The largest absolute Gasteiger partial charge is 0.0895 e. The zero-order valence-electron chi connectivity index (χ0n) is 11.0. The maximum atomic E-state index is 3.58. The Morgan fingerprint density at radius 1 is 0.789 bits per heavy atom. The number of alkyl halides is 2. The normalized spacial score (nSPS) is 10.7. The number of aryl methyl sites for hydroxylation is 2. The smallest absolute Gasteiger partial charge is 0.0294 e. The van der Waals surface area contributed by atoms with Crippen LogP contribution in [0, 0.1) is 13.8 Å². The number of halogens is 2. The second-order valence-corrected chi connectivity index (χ2v) is 6.80. The summed E-state index contributed by atoms with van der Waals surface area (Å²) in [6.45, 7) is 4.27. The minimum absolute atomic E-state index is 0.895. The van der Waals surface area contributed by atoms with Gasteiger partial charge in [0.15, 0.2) is 0 Å². The van der Waals surface area contributed by atoms with Crippen LogP contribution >= 0.6 is 43.6 Å². The Balaban J connectivity index is 2.36. The first kappa shape index (κ1) is 15.1. The minimum Gasteiger partial charge on any atom is -0.0895 e. The highest BCUT2D eigenvalue weighted by Gasteiger charge is 2.07. The van der Waals surface area contributed by atoms with Crippen LogP contribution in [0.2, 0.25) is 0 Å². The molecule has 0 radical (unpaired) electrons. The third-order valence-corrected chi connectivity index (χ3v) is 5.38. The van der Waals surface area contributed by atoms with Gasteiger partial charge in [-0.2, -0.15) is 0 Å². The summed E-state index contributed by atoms with van der Waals surface area (Å²) in [6, 6.07) is 13.3. The first-order valence-corrected chi connectivity index (χ1v) is 9.19. The molecule has 2 aromatic rings. The van der Waals surface area contributed by atoms with Gasteiger partial charge in [0.05, 0.1) is 0 Å². The molecule has 0 fully saturated rings. The van der Waals surface area contributed by atoms with Gasteiger partial charge in [0.1, 0.15) is 0 Å². The van der Waals surface area contributed by atoms with Gasteiger partial charge < -0.3 is 0 Å². The summed E-state index contributed by atoms with van der Waals surface area (Å²) < 4.78 is 0. The van der Waals surface area contributed by atoms with Gasteiger partial charge in [-0.15, -0.1) is 0 Å². The van der Waals surface area contributed by atoms with Crippen LogP contribution in [0.3, 0.4) is 0 Å². The topological polar surface area (TPSA) is 0 Å². The SMILES string of the molecule is Cc1ccc(Sc2ccc(C)cc2CBr)c(CBr)c1. The number of hydrogen-bond donors (Lipinski definition) is 0. The van der Waals surface area contributed by atoms with Gasteiger partial charge in [-0.25, -0.2) is 0 Å². The van der Waals surface area contributed by atoms with Gasteiger partial charge in [-0.3, -0.25) is 0 Å². The molecule has 0 amide bonds. The van der Waals surface area contributed by atoms with E-state index in [1.165, 1.54) is 32.0 Å². The first-order valence-electron chi connectivity index (χ1n) is 6.13. The summed E-state index contributed by atoms with van der Waals surface area (Å²) in [7, 11) is 0. The average molecular weight is 400 g/mol. The van der Waals surface area contributed by atoms with Gasteiger partial charge >= 0.3 is 0 Å². The highest BCUT2D eigenvalue weighted by molar-refractivity contribution is 9.08. The summed E-state index contributed by atoms with van der Waals surface area (Å²) in [6.07, 6.45) is 0. The van der Waals surface area contributed by atoms with Crippen molar-refractivity contribution in [3.05, 3.63) is 58.7 Å². The van der Waals surface area contributed by atoms with Crippen LogP contribution in [-0.4, -0.2) is 0 Å². The molecule has 2 rings (SSSR count). The molecule has 3 heteroatoms. The van der Waals surface area contributed by atoms with Crippen molar-refractivity contribution < 1.29 is 0 Å². The number of benzene rings is 2. The second-order valence-electron chi connectivity index (χ2n) is 4.59. The fourth-order valence-electron chi connectivity index (χ4n) is 1.94.